The number of carbonyl (C=O) groups is 1. The Balaban J connectivity index is 1.35. The van der Waals surface area contributed by atoms with E-state index in [9.17, 15) is 14.3 Å². The van der Waals surface area contributed by atoms with Gasteiger partial charge in [0.15, 0.2) is 0 Å². The van der Waals surface area contributed by atoms with Gasteiger partial charge < -0.3 is 9.84 Å². The Labute approximate surface area is 249 Å². The van der Waals surface area contributed by atoms with Gasteiger partial charge in [-0.1, -0.05) is 37.6 Å². The van der Waals surface area contributed by atoms with Crippen LogP contribution < -0.4 is 4.74 Å². The van der Waals surface area contributed by atoms with Gasteiger partial charge in [-0.25, -0.2) is 4.39 Å². The lowest BCUT2D eigenvalue weighted by Crippen LogP contribution is -2.46. The number of benzene rings is 2. The fourth-order valence-corrected chi connectivity index (χ4v) is 7.20. The first-order valence-corrected chi connectivity index (χ1v) is 15.6. The van der Waals surface area contributed by atoms with Crippen molar-refractivity contribution in [2.45, 2.75) is 96.7 Å². The van der Waals surface area contributed by atoms with E-state index >= 15 is 0 Å². The highest BCUT2D eigenvalue weighted by Gasteiger charge is 2.39. The third-order valence-corrected chi connectivity index (χ3v) is 9.96. The second-order valence-corrected chi connectivity index (χ2v) is 13.4. The maximum absolute atomic E-state index is 14.9. The quantitative estimate of drug-likeness (QED) is 0.296. The van der Waals surface area contributed by atoms with E-state index in [-0.39, 0.29) is 23.4 Å². The van der Waals surface area contributed by atoms with E-state index in [0.29, 0.717) is 11.5 Å². The normalized spacial score (nSPS) is 21.7. The highest BCUT2D eigenvalue weighted by Crippen LogP contribution is 2.48. The van der Waals surface area contributed by atoms with Crippen LogP contribution in [-0.2, 0) is 17.8 Å². The lowest BCUT2D eigenvalue weighted by Gasteiger charge is -2.43. The molecule has 5 nitrogen and oxygen atoms in total. The van der Waals surface area contributed by atoms with Gasteiger partial charge in [-0.05, 0) is 124 Å². The van der Waals surface area contributed by atoms with Crippen molar-refractivity contribution in [1.29, 1.82) is 0 Å². The molecule has 0 spiro atoms. The first-order chi connectivity index (χ1) is 20.1. The van der Waals surface area contributed by atoms with Gasteiger partial charge in [0.1, 0.15) is 17.7 Å². The van der Waals surface area contributed by atoms with E-state index in [1.807, 2.05) is 26.0 Å². The molecule has 1 saturated heterocycles. The molecule has 6 rings (SSSR count). The molecule has 1 aromatic heterocycles. The number of pyridine rings is 1. The molecule has 0 amide bonds. The zero-order valence-corrected chi connectivity index (χ0v) is 25.3. The monoisotopic (exact) mass is 570 g/mol. The molecular weight excluding hydrogens is 527 g/mol. The summed E-state index contributed by atoms with van der Waals surface area (Å²) in [6.45, 7) is 10.2. The van der Waals surface area contributed by atoms with Crippen LogP contribution in [0.3, 0.4) is 0 Å². The number of nitrogens with zero attached hydrogens (tertiary/aromatic N) is 2. The van der Waals surface area contributed by atoms with Crippen LogP contribution in [0.5, 0.6) is 5.75 Å². The Morgan fingerprint density at radius 2 is 1.95 bits per heavy atom. The summed E-state index contributed by atoms with van der Waals surface area (Å²) in [4.78, 5) is 18.6. The Morgan fingerprint density at radius 1 is 1.14 bits per heavy atom. The SMILES string of the molecule is Cc1cc(-c2ccc(C3CCc4ccc([C@H](C5CC5)[C@H](C)C(=O)O)cc4O3)c(CN3CCCCC3(C)C)c2)c(F)cn1. The third-order valence-electron chi connectivity index (χ3n) is 9.96. The summed E-state index contributed by atoms with van der Waals surface area (Å²) < 4.78 is 21.7. The number of halogens is 1. The second kappa shape index (κ2) is 11.4. The summed E-state index contributed by atoms with van der Waals surface area (Å²) in [6, 6.07) is 14.5. The fourth-order valence-electron chi connectivity index (χ4n) is 7.20. The molecule has 1 saturated carbocycles. The summed E-state index contributed by atoms with van der Waals surface area (Å²) in [5.74, 6) is -0.178. The van der Waals surface area contributed by atoms with Gasteiger partial charge in [-0.2, -0.15) is 0 Å². The van der Waals surface area contributed by atoms with Crippen molar-refractivity contribution in [3.63, 3.8) is 0 Å². The third kappa shape index (κ3) is 5.83. The zero-order chi connectivity index (χ0) is 29.6. The summed E-state index contributed by atoms with van der Waals surface area (Å²) in [6.07, 6.45) is 8.71. The minimum Gasteiger partial charge on any atom is -0.485 e. The molecule has 222 valence electrons. The largest absolute Gasteiger partial charge is 0.485 e. The van der Waals surface area contributed by atoms with E-state index in [4.69, 9.17) is 4.74 Å². The number of aromatic nitrogens is 1. The van der Waals surface area contributed by atoms with Crippen LogP contribution in [0.25, 0.3) is 11.1 Å². The minimum absolute atomic E-state index is 0.00618. The highest BCUT2D eigenvalue weighted by molar-refractivity contribution is 5.71. The molecule has 2 fully saturated rings. The molecule has 6 heteroatoms. The van der Waals surface area contributed by atoms with Crippen molar-refractivity contribution in [1.82, 2.24) is 9.88 Å². The standard InChI is InChI=1S/C36H43FN2O3/c1-22-17-30(31(37)20-38-22)26-11-13-29(28(18-26)21-39-16-6-5-15-36(39,3)4)32-14-12-24-7-10-27(19-33(24)42-32)34(25-8-9-25)23(2)35(40)41/h7,10-11,13,17-20,23,25,32,34H,5-6,8-9,12,14-16,21H2,1-4H3,(H,40,41)/t23-,32?,34-/m0/s1. The van der Waals surface area contributed by atoms with Crippen LogP contribution >= 0.6 is 0 Å². The lowest BCUT2D eigenvalue weighted by molar-refractivity contribution is -0.142. The zero-order valence-electron chi connectivity index (χ0n) is 25.3. The summed E-state index contributed by atoms with van der Waals surface area (Å²) >= 11 is 0. The topological polar surface area (TPSA) is 62.7 Å². The molecule has 3 heterocycles. The smallest absolute Gasteiger partial charge is 0.306 e. The number of likely N-dealkylation sites (tertiary alicyclic amines) is 1. The highest BCUT2D eigenvalue weighted by atomic mass is 19.1. The van der Waals surface area contributed by atoms with E-state index in [2.05, 4.69) is 54.1 Å². The van der Waals surface area contributed by atoms with Gasteiger partial charge >= 0.3 is 5.97 Å². The molecule has 0 bridgehead atoms. The number of carboxylic acid groups (broad SMARTS) is 1. The van der Waals surface area contributed by atoms with Crippen molar-refractivity contribution in [3.8, 4) is 16.9 Å². The van der Waals surface area contributed by atoms with Crippen LogP contribution in [0.1, 0.15) is 99.3 Å². The van der Waals surface area contributed by atoms with Crippen molar-refractivity contribution in [2.75, 3.05) is 6.54 Å². The molecular formula is C36H43FN2O3. The Hall–Kier alpha value is -3.25. The van der Waals surface area contributed by atoms with Gasteiger partial charge in [0.25, 0.3) is 0 Å². The van der Waals surface area contributed by atoms with Crippen molar-refractivity contribution < 1.29 is 19.0 Å². The molecule has 0 radical (unpaired) electrons. The molecule has 2 aromatic carbocycles. The predicted octanol–water partition coefficient (Wildman–Crippen LogP) is 8.24. The van der Waals surface area contributed by atoms with Gasteiger partial charge in [0.2, 0.25) is 0 Å². The number of ether oxygens (including phenoxy) is 1. The van der Waals surface area contributed by atoms with Gasteiger partial charge in [0, 0.05) is 23.3 Å². The van der Waals surface area contributed by atoms with Crippen molar-refractivity contribution >= 4 is 5.97 Å². The lowest BCUT2D eigenvalue weighted by atomic mass is 9.82. The molecule has 1 aliphatic carbocycles. The molecule has 42 heavy (non-hydrogen) atoms. The molecule has 1 N–H and O–H groups in total. The minimum atomic E-state index is -0.741. The van der Waals surface area contributed by atoms with Crippen LogP contribution in [0.15, 0.2) is 48.7 Å². The number of rotatable bonds is 8. The van der Waals surface area contributed by atoms with E-state index in [1.165, 1.54) is 30.2 Å². The van der Waals surface area contributed by atoms with E-state index in [1.54, 1.807) is 0 Å². The van der Waals surface area contributed by atoms with Crippen molar-refractivity contribution in [2.24, 2.45) is 11.8 Å². The fraction of sp³-hybridized carbons (Fsp3) is 0.500. The number of aryl methyl sites for hydroxylation is 2. The van der Waals surface area contributed by atoms with Gasteiger partial charge in [-0.3, -0.25) is 14.7 Å². The molecule has 3 aliphatic rings. The Kier molecular flexibility index (Phi) is 7.86. The Bertz CT molecular complexity index is 1480. The predicted molar refractivity (Wildman–Crippen MR) is 163 cm³/mol. The molecule has 3 aromatic rings. The maximum Gasteiger partial charge on any atom is 0.306 e. The summed E-state index contributed by atoms with van der Waals surface area (Å²) in [5, 5.41) is 9.80. The number of hydrogen-bond acceptors (Lipinski definition) is 4. The first-order valence-electron chi connectivity index (χ1n) is 15.6. The number of carboxylic acids is 1. The number of piperidine rings is 1. The maximum atomic E-state index is 14.9. The molecule has 2 aliphatic heterocycles. The van der Waals surface area contributed by atoms with E-state index in [0.717, 1.165) is 73.3 Å². The van der Waals surface area contributed by atoms with Crippen LogP contribution in [0.4, 0.5) is 4.39 Å². The first kappa shape index (κ1) is 28.9. The molecule has 3 atom stereocenters. The summed E-state index contributed by atoms with van der Waals surface area (Å²) in [7, 11) is 0. The van der Waals surface area contributed by atoms with Crippen LogP contribution in [0, 0.1) is 24.6 Å². The summed E-state index contributed by atoms with van der Waals surface area (Å²) in [5.41, 5.74) is 6.90. The number of fused-ring (bicyclic) bond motifs is 1. The van der Waals surface area contributed by atoms with E-state index < -0.39 is 11.9 Å². The van der Waals surface area contributed by atoms with Crippen LogP contribution in [-0.4, -0.2) is 33.0 Å². The average molecular weight is 571 g/mol. The van der Waals surface area contributed by atoms with Gasteiger partial charge in [0.05, 0.1) is 12.1 Å². The van der Waals surface area contributed by atoms with Gasteiger partial charge in [-0.15, -0.1) is 0 Å². The number of aliphatic carboxylic acids is 1. The average Bonchev–Trinajstić information content (AvgIpc) is 3.80. The number of hydrogen-bond donors (Lipinski definition) is 1. The van der Waals surface area contributed by atoms with Crippen molar-refractivity contribution in [3.05, 3.63) is 82.4 Å². The molecule has 1 unspecified atom stereocenters. The second-order valence-electron chi connectivity index (χ2n) is 13.4. The van der Waals surface area contributed by atoms with Crippen LogP contribution in [0.2, 0.25) is 0 Å². The Morgan fingerprint density at radius 3 is 2.69 bits per heavy atom.